The molecule has 1 saturated heterocycles. The molecular weight excluding hydrogens is 429 g/mol. The lowest BCUT2D eigenvalue weighted by Gasteiger charge is -2.27. The summed E-state index contributed by atoms with van der Waals surface area (Å²) >= 11 is 12.1. The third kappa shape index (κ3) is 5.23. The van der Waals surface area contributed by atoms with E-state index in [4.69, 9.17) is 27.9 Å². The second-order valence-electron chi connectivity index (χ2n) is 8.23. The molecule has 8 nitrogen and oxygen atoms in total. The van der Waals surface area contributed by atoms with Crippen molar-refractivity contribution in [3.05, 3.63) is 28.5 Å². The summed E-state index contributed by atoms with van der Waals surface area (Å²) in [4.78, 5) is 35.0. The van der Waals surface area contributed by atoms with Gasteiger partial charge in [0.15, 0.2) is 0 Å². The van der Waals surface area contributed by atoms with Crippen molar-refractivity contribution in [2.24, 2.45) is 0 Å². The normalized spacial score (nSPS) is 19.1. The standard InChI is InChI=1S/C20H25Cl2N5O3/c1-11-15(26-19(29)30-20(2,3)4)5-6-27(11)17(28)9-23-18-12-7-13(21)14(22)8-16(12)24-10-25-18/h7-8,10-11,15H,5-6,9H2,1-4H3,(H,26,29)(H,23,24,25)/t11-,15+/m0/s1. The zero-order chi connectivity index (χ0) is 22.1. The van der Waals surface area contributed by atoms with Crippen LogP contribution < -0.4 is 10.6 Å². The van der Waals surface area contributed by atoms with Crippen LogP contribution in [0.4, 0.5) is 10.6 Å². The number of fused-ring (bicyclic) bond motifs is 1. The molecule has 1 fully saturated rings. The highest BCUT2D eigenvalue weighted by Gasteiger charge is 2.35. The molecule has 1 aromatic heterocycles. The Labute approximate surface area is 185 Å². The van der Waals surface area contributed by atoms with Crippen LogP contribution in [0.5, 0.6) is 0 Å². The molecule has 0 saturated carbocycles. The van der Waals surface area contributed by atoms with Crippen LogP contribution in [0.15, 0.2) is 18.5 Å². The van der Waals surface area contributed by atoms with Gasteiger partial charge in [0.2, 0.25) is 5.91 Å². The number of ether oxygens (including phenoxy) is 1. The minimum absolute atomic E-state index is 0.0514. The van der Waals surface area contributed by atoms with Gasteiger partial charge in [0.05, 0.1) is 28.1 Å². The van der Waals surface area contributed by atoms with Gasteiger partial charge in [-0.15, -0.1) is 0 Å². The van der Waals surface area contributed by atoms with Gasteiger partial charge < -0.3 is 20.3 Å². The van der Waals surface area contributed by atoms with E-state index in [1.165, 1.54) is 6.33 Å². The number of alkyl carbamates (subject to hydrolysis) is 1. The number of carbonyl (C=O) groups is 2. The predicted molar refractivity (Wildman–Crippen MR) is 117 cm³/mol. The molecule has 1 aromatic carbocycles. The van der Waals surface area contributed by atoms with Crippen molar-refractivity contribution in [1.29, 1.82) is 0 Å². The first-order valence-electron chi connectivity index (χ1n) is 9.68. The van der Waals surface area contributed by atoms with Gasteiger partial charge in [-0.1, -0.05) is 23.2 Å². The number of anilines is 1. The molecule has 162 valence electrons. The third-order valence-electron chi connectivity index (χ3n) is 4.86. The SMILES string of the molecule is C[C@H]1[C@H](NC(=O)OC(C)(C)C)CCN1C(=O)CNc1ncnc2cc(Cl)c(Cl)cc12. The fraction of sp³-hybridized carbons (Fsp3) is 0.500. The van der Waals surface area contributed by atoms with Crippen molar-refractivity contribution in [1.82, 2.24) is 20.2 Å². The number of hydrogen-bond donors (Lipinski definition) is 2. The van der Waals surface area contributed by atoms with Crippen molar-refractivity contribution in [3.8, 4) is 0 Å². The second-order valence-corrected chi connectivity index (χ2v) is 9.04. The Hall–Kier alpha value is -2.32. The maximum Gasteiger partial charge on any atom is 0.407 e. The zero-order valence-electron chi connectivity index (χ0n) is 17.3. The first kappa shape index (κ1) is 22.4. The topological polar surface area (TPSA) is 96.5 Å². The Balaban J connectivity index is 1.61. The van der Waals surface area contributed by atoms with Crippen molar-refractivity contribution < 1.29 is 14.3 Å². The third-order valence-corrected chi connectivity index (χ3v) is 5.58. The Morgan fingerprint density at radius 2 is 1.93 bits per heavy atom. The van der Waals surface area contributed by atoms with Gasteiger partial charge in [-0.2, -0.15) is 0 Å². The van der Waals surface area contributed by atoms with E-state index in [1.807, 2.05) is 27.7 Å². The average molecular weight is 454 g/mol. The Kier molecular flexibility index (Phi) is 6.57. The van der Waals surface area contributed by atoms with E-state index in [0.29, 0.717) is 39.7 Å². The second kappa shape index (κ2) is 8.81. The van der Waals surface area contributed by atoms with Gasteiger partial charge in [0.25, 0.3) is 0 Å². The lowest BCUT2D eigenvalue weighted by Crippen LogP contribution is -2.47. The molecule has 2 heterocycles. The van der Waals surface area contributed by atoms with Gasteiger partial charge in [0, 0.05) is 18.0 Å². The lowest BCUT2D eigenvalue weighted by atomic mass is 10.1. The first-order valence-corrected chi connectivity index (χ1v) is 10.4. The molecule has 2 N–H and O–H groups in total. The lowest BCUT2D eigenvalue weighted by molar-refractivity contribution is -0.130. The van der Waals surface area contributed by atoms with Gasteiger partial charge in [-0.05, 0) is 46.2 Å². The quantitative estimate of drug-likeness (QED) is 0.729. The van der Waals surface area contributed by atoms with Crippen LogP contribution in [0.3, 0.4) is 0 Å². The minimum atomic E-state index is -0.571. The highest BCUT2D eigenvalue weighted by Crippen LogP contribution is 2.29. The van der Waals surface area contributed by atoms with Crippen LogP contribution in [0.1, 0.15) is 34.1 Å². The number of benzene rings is 1. The predicted octanol–water partition coefficient (Wildman–Crippen LogP) is 3.86. The molecular formula is C20H25Cl2N5O3. The molecule has 3 rings (SSSR count). The Bertz CT molecular complexity index is 963. The number of amides is 2. The molecule has 1 aliphatic rings. The minimum Gasteiger partial charge on any atom is -0.444 e. The molecule has 0 bridgehead atoms. The summed E-state index contributed by atoms with van der Waals surface area (Å²) in [7, 11) is 0. The maximum absolute atomic E-state index is 12.8. The number of carbonyl (C=O) groups excluding carboxylic acids is 2. The summed E-state index contributed by atoms with van der Waals surface area (Å²) in [6, 6.07) is 3.01. The fourth-order valence-corrected chi connectivity index (χ4v) is 3.72. The van der Waals surface area contributed by atoms with Crippen molar-refractivity contribution >= 4 is 51.9 Å². The van der Waals surface area contributed by atoms with Crippen molar-refractivity contribution in [2.45, 2.75) is 51.8 Å². The van der Waals surface area contributed by atoms with E-state index >= 15 is 0 Å². The summed E-state index contributed by atoms with van der Waals surface area (Å²) < 4.78 is 5.31. The fourth-order valence-electron chi connectivity index (χ4n) is 3.40. The summed E-state index contributed by atoms with van der Waals surface area (Å²) in [6.45, 7) is 7.94. The molecule has 0 aliphatic carbocycles. The number of nitrogens with one attached hydrogen (secondary N) is 2. The van der Waals surface area contributed by atoms with Gasteiger partial charge in [-0.3, -0.25) is 4.79 Å². The van der Waals surface area contributed by atoms with Crippen molar-refractivity contribution in [3.63, 3.8) is 0 Å². The van der Waals surface area contributed by atoms with Crippen LogP contribution in [-0.2, 0) is 9.53 Å². The van der Waals surface area contributed by atoms with E-state index in [1.54, 1.807) is 17.0 Å². The van der Waals surface area contributed by atoms with Gasteiger partial charge >= 0.3 is 6.09 Å². The average Bonchev–Trinajstić information content (AvgIpc) is 2.99. The van der Waals surface area contributed by atoms with E-state index in [9.17, 15) is 9.59 Å². The number of aromatic nitrogens is 2. The number of likely N-dealkylation sites (tertiary alicyclic amines) is 1. The molecule has 2 atom stereocenters. The van der Waals surface area contributed by atoms with E-state index < -0.39 is 11.7 Å². The molecule has 0 unspecified atom stereocenters. The van der Waals surface area contributed by atoms with Crippen LogP contribution in [0.25, 0.3) is 10.9 Å². The van der Waals surface area contributed by atoms with Gasteiger partial charge in [-0.25, -0.2) is 14.8 Å². The van der Waals surface area contributed by atoms with Gasteiger partial charge in [0.1, 0.15) is 17.7 Å². The number of rotatable bonds is 4. The Morgan fingerprint density at radius 1 is 1.23 bits per heavy atom. The molecule has 10 heteroatoms. The molecule has 1 aliphatic heterocycles. The highest BCUT2D eigenvalue weighted by molar-refractivity contribution is 6.42. The Morgan fingerprint density at radius 3 is 2.63 bits per heavy atom. The maximum atomic E-state index is 12.8. The van der Waals surface area contributed by atoms with Crippen LogP contribution in [-0.4, -0.2) is 57.6 Å². The number of hydrogen-bond acceptors (Lipinski definition) is 6. The smallest absolute Gasteiger partial charge is 0.407 e. The summed E-state index contributed by atoms with van der Waals surface area (Å²) in [5, 5.41) is 7.39. The van der Waals surface area contributed by atoms with Crippen LogP contribution >= 0.6 is 23.2 Å². The summed E-state index contributed by atoms with van der Waals surface area (Å²) in [6.07, 6.45) is 1.59. The van der Waals surface area contributed by atoms with E-state index in [0.717, 1.165) is 0 Å². The number of halogens is 2. The van der Waals surface area contributed by atoms with Crippen molar-refractivity contribution in [2.75, 3.05) is 18.4 Å². The molecule has 2 aromatic rings. The monoisotopic (exact) mass is 453 g/mol. The molecule has 30 heavy (non-hydrogen) atoms. The van der Waals surface area contributed by atoms with Crippen LogP contribution in [0.2, 0.25) is 10.0 Å². The summed E-state index contributed by atoms with van der Waals surface area (Å²) in [5.41, 5.74) is 0.0595. The number of nitrogens with zero attached hydrogens (tertiary/aromatic N) is 3. The first-order chi connectivity index (χ1) is 14.0. The molecule has 0 radical (unpaired) electrons. The summed E-state index contributed by atoms with van der Waals surface area (Å²) in [5.74, 6) is 0.407. The molecule has 2 amide bonds. The largest absolute Gasteiger partial charge is 0.444 e. The van der Waals surface area contributed by atoms with Crippen LogP contribution in [0, 0.1) is 0 Å². The van der Waals surface area contributed by atoms with E-state index in [-0.39, 0.29) is 24.5 Å². The highest BCUT2D eigenvalue weighted by atomic mass is 35.5. The van der Waals surface area contributed by atoms with E-state index in [2.05, 4.69) is 20.6 Å². The molecule has 0 spiro atoms. The zero-order valence-corrected chi connectivity index (χ0v) is 18.8.